The van der Waals surface area contributed by atoms with E-state index in [-0.39, 0.29) is 107 Å². The molecule has 523 valence electrons. The second-order valence-corrected chi connectivity index (χ2v) is 28.9. The van der Waals surface area contributed by atoms with Crippen LogP contribution in [0, 0.1) is 58.7 Å². The number of aliphatic hydroxyl groups is 2. The Kier molecular flexibility index (Phi) is 27.0. The summed E-state index contributed by atoms with van der Waals surface area (Å²) in [6.45, 7) is 16.8. The SMILES string of the molecule is CC(C)=C([NH-])C(CCC(N)=O)C(C)(CN)C(C)C1N=C(/C(C)=C2N=C(/C=C3\N=CC(C)(CC(N)=O)C3CCC(N)=O)C(C)(C)C\2CCC(N)=O)C(C)(CCC(=O)NCC(C)OP(=O)([O-])OP(=O)([O-])OCC2OC(n3cnc4c3NC(N)NC4=O)C(O)C2O)C1CN.[CH3-].[Co+2]. The van der Waals surface area contributed by atoms with Crippen molar-refractivity contribution in [2.24, 2.45) is 106 Å². The number of carbonyl (C=O) groups excluding carboxylic acids is 6. The second-order valence-electron chi connectivity index (χ2n) is 26.0. The zero-order chi connectivity index (χ0) is 68.3. The third-order valence-electron chi connectivity index (χ3n) is 18.9. The minimum absolute atomic E-state index is 0. The van der Waals surface area contributed by atoms with Crippen molar-refractivity contribution in [2.75, 3.05) is 31.6 Å². The number of hydrogen-bond donors (Lipinski definition) is 12. The molecule has 1 fully saturated rings. The molecule has 0 spiro atoms. The summed E-state index contributed by atoms with van der Waals surface area (Å²) in [6.07, 6.45) is -4.01. The molecule has 5 aliphatic heterocycles. The molecule has 5 aliphatic rings. The Bertz CT molecular complexity index is 3260. The molecule has 1 aromatic heterocycles. The molecule has 17 unspecified atom stereocenters. The molecule has 20 N–H and O–H groups in total. The Hall–Kier alpha value is -5.61. The number of primary amides is 4. The van der Waals surface area contributed by atoms with E-state index in [9.17, 15) is 63.6 Å². The largest absolute Gasteiger partial charge is 2.00 e. The zero-order valence-electron chi connectivity index (χ0n) is 54.5. The van der Waals surface area contributed by atoms with Gasteiger partial charge in [0.15, 0.2) is 18.2 Å². The average Bonchev–Trinajstić information content (AvgIpc) is 1.59. The molecule has 0 saturated carbocycles. The molecule has 93 heavy (non-hydrogen) atoms. The van der Waals surface area contributed by atoms with Crippen LogP contribution in [0.25, 0.3) is 5.73 Å². The number of nitrogens with two attached hydrogens (primary N) is 7. The van der Waals surface area contributed by atoms with Crippen molar-refractivity contribution in [3.8, 4) is 0 Å². The molecule has 0 aromatic carbocycles. The first-order chi connectivity index (χ1) is 42.2. The first-order valence-electron chi connectivity index (χ1n) is 30.1. The van der Waals surface area contributed by atoms with Crippen LogP contribution in [-0.4, -0.2) is 136 Å². The van der Waals surface area contributed by atoms with Crippen LogP contribution >= 0.6 is 15.6 Å². The monoisotopic (exact) mass is 1390 g/mol. The Labute approximate surface area is 552 Å². The molecule has 6 heterocycles. The number of aliphatic imine (C=N–C) groups is 3. The maximum absolute atomic E-state index is 14.1. The van der Waals surface area contributed by atoms with Crippen LogP contribution in [0.3, 0.4) is 0 Å². The van der Waals surface area contributed by atoms with Gasteiger partial charge in [-0.2, -0.15) is 5.70 Å². The number of nitrogens with zero attached hydrogens (tertiary/aromatic N) is 5. The van der Waals surface area contributed by atoms with Crippen molar-refractivity contribution in [2.45, 2.75) is 170 Å². The van der Waals surface area contributed by atoms with Gasteiger partial charge in [-0.25, -0.2) is 9.29 Å². The number of anilines is 1. The summed E-state index contributed by atoms with van der Waals surface area (Å²) in [5.41, 5.74) is 51.5. The maximum atomic E-state index is 14.1. The van der Waals surface area contributed by atoms with E-state index in [1.165, 1.54) is 6.92 Å². The van der Waals surface area contributed by atoms with Crippen LogP contribution in [0.2, 0.25) is 0 Å². The van der Waals surface area contributed by atoms with Gasteiger partial charge in [0.05, 0.1) is 25.1 Å². The fraction of sp³-hybridized carbons (Fsp3) is 0.672. The Morgan fingerprint density at radius 2 is 1.55 bits per heavy atom. The van der Waals surface area contributed by atoms with Gasteiger partial charge >= 0.3 is 16.8 Å². The minimum atomic E-state index is -5.82. The van der Waals surface area contributed by atoms with E-state index in [0.717, 1.165) is 10.9 Å². The number of hydrogen-bond acceptors (Lipinski definition) is 24. The van der Waals surface area contributed by atoms with E-state index < -0.39 is 158 Å². The van der Waals surface area contributed by atoms with E-state index in [0.29, 0.717) is 39.7 Å². The molecule has 6 rings (SSSR count). The van der Waals surface area contributed by atoms with Gasteiger partial charge in [-0.3, -0.25) is 63.2 Å². The molecule has 1 radical (unpaired) electrons. The topological polar surface area (TPSA) is 557 Å². The number of aromatic nitrogens is 2. The van der Waals surface area contributed by atoms with Crippen LogP contribution < -0.4 is 65.9 Å². The molecular formula is C58H94CoN16O16P2-2. The number of phosphoric acid groups is 2. The second kappa shape index (κ2) is 31.5. The number of allylic oxidation sites excluding steroid dienone is 6. The zero-order valence-corrected chi connectivity index (χ0v) is 57.3. The minimum Gasteiger partial charge on any atom is -0.756 e. The summed E-state index contributed by atoms with van der Waals surface area (Å²) < 4.78 is 46.8. The van der Waals surface area contributed by atoms with Crippen LogP contribution in [0.5, 0.6) is 0 Å². The summed E-state index contributed by atoms with van der Waals surface area (Å²) in [4.78, 5) is 121. The predicted octanol–water partition coefficient (Wildman–Crippen LogP) is 1.22. The number of phosphoric ester groups is 2. The van der Waals surface area contributed by atoms with E-state index in [1.807, 2.05) is 54.5 Å². The Morgan fingerprint density at radius 3 is 2.12 bits per heavy atom. The molecular weight excluding hydrogens is 1300 g/mol. The summed E-state index contributed by atoms with van der Waals surface area (Å²) >= 11 is 0. The normalized spacial score (nSPS) is 30.1. The number of nitrogens with one attached hydrogen (secondary N) is 4. The fourth-order valence-electron chi connectivity index (χ4n) is 13.4. The number of imidazole rings is 1. The van der Waals surface area contributed by atoms with Gasteiger partial charge in [-0.15, -0.1) is 0 Å². The molecule has 17 atom stereocenters. The Morgan fingerprint density at radius 1 is 0.935 bits per heavy atom. The first kappa shape index (κ1) is 79.8. The van der Waals surface area contributed by atoms with Gasteiger partial charge in [0, 0.05) is 102 Å². The molecule has 6 amide bonds. The number of aliphatic hydroxyl groups excluding tert-OH is 2. The molecule has 1 aromatic rings. The molecule has 1 saturated heterocycles. The number of amides is 6. The van der Waals surface area contributed by atoms with Crippen molar-refractivity contribution in [3.05, 3.63) is 59.5 Å². The molecule has 0 bridgehead atoms. The van der Waals surface area contributed by atoms with E-state index >= 15 is 0 Å². The van der Waals surface area contributed by atoms with Crippen LogP contribution in [-0.2, 0) is 68.0 Å². The van der Waals surface area contributed by atoms with Crippen molar-refractivity contribution in [1.82, 2.24) is 20.2 Å². The summed E-state index contributed by atoms with van der Waals surface area (Å²) in [7, 11) is -11.6. The van der Waals surface area contributed by atoms with Gasteiger partial charge in [0.1, 0.15) is 24.1 Å². The third kappa shape index (κ3) is 18.1. The van der Waals surface area contributed by atoms with Crippen molar-refractivity contribution in [3.63, 3.8) is 0 Å². The van der Waals surface area contributed by atoms with Gasteiger partial charge in [0.25, 0.3) is 21.6 Å². The average molecular weight is 1390 g/mol. The van der Waals surface area contributed by atoms with Crippen molar-refractivity contribution < 1.29 is 92.8 Å². The van der Waals surface area contributed by atoms with Gasteiger partial charge in [-0.05, 0) is 95.4 Å². The first-order valence-corrected chi connectivity index (χ1v) is 33.0. The molecule has 32 nitrogen and oxygen atoms in total. The Balaban J connectivity index is 0.00000922. The molecule has 35 heteroatoms. The van der Waals surface area contributed by atoms with E-state index in [2.05, 4.69) is 25.2 Å². The molecule has 0 aliphatic carbocycles. The number of fused-ring (bicyclic) bond motifs is 1. The van der Waals surface area contributed by atoms with Gasteiger partial charge < -0.3 is 97.3 Å². The predicted molar refractivity (Wildman–Crippen MR) is 338 cm³/mol. The standard InChI is InChI=1S/C57H93N16O16P2.CH3.Co/c1-27(2)43(64)32(12-15-39(61)75)57(10,24-59)30(5)45-34(21-58)56(9,49(70-45)29(4)44-33(13-16-40(62)76)54(6,7)37(69-44)19-35-31(11-14-38(60)74)55(8,25-67-35)20-41(63)77)18-17-42(78)66-22-28(3)88-91(84,85)89-90(82,83)86-23-36-47(79)48(80)52(87-36)73-26-68-46-50(73)71-53(65)72-51(46)81;;/h19,25-26,28,30-34,36,45,47-48,52-53,64,79-80H,11-18,20-24,58-59,65H2,1-10H3,(H2,60,74)(H2,61,75)(H2,62,76)(H2,63,77)(H,66,78)(H,82,83)(H,84,85)(H2,71,72,81);1H3;/q2*-1;+2/p-2/b35-19-,44-29-;;. The van der Waals surface area contributed by atoms with Crippen LogP contribution in [0.15, 0.2) is 55.6 Å². The fourth-order valence-corrected chi connectivity index (χ4v) is 15.6. The van der Waals surface area contributed by atoms with E-state index in [1.54, 1.807) is 20.1 Å². The number of rotatable bonds is 32. The number of carbonyl (C=O) groups is 6. The smallest absolute Gasteiger partial charge is 0.756 e. The summed E-state index contributed by atoms with van der Waals surface area (Å²) in [5.74, 6) is -5.94. The van der Waals surface area contributed by atoms with Crippen LogP contribution in [0.1, 0.15) is 144 Å². The van der Waals surface area contributed by atoms with E-state index in [4.69, 9.17) is 68.9 Å². The van der Waals surface area contributed by atoms with Gasteiger partial charge in [0.2, 0.25) is 29.5 Å². The van der Waals surface area contributed by atoms with Gasteiger partial charge in [-0.1, -0.05) is 47.1 Å². The van der Waals surface area contributed by atoms with Crippen molar-refractivity contribution >= 4 is 74.5 Å². The number of ether oxygens (including phenoxy) is 1. The summed E-state index contributed by atoms with van der Waals surface area (Å²) in [6, 6.07) is -0.639. The quantitative estimate of drug-likeness (QED) is 0.0356. The third-order valence-corrected chi connectivity index (χ3v) is 21.6. The summed E-state index contributed by atoms with van der Waals surface area (Å²) in [5, 5.41) is 29.3. The van der Waals surface area contributed by atoms with Crippen molar-refractivity contribution in [1.29, 1.82) is 0 Å². The van der Waals surface area contributed by atoms with Crippen LogP contribution in [0.4, 0.5) is 5.82 Å². The maximum Gasteiger partial charge on any atom is 2.00 e.